The van der Waals surface area contributed by atoms with Crippen molar-refractivity contribution >= 4 is 49.4 Å². The highest BCUT2D eigenvalue weighted by Gasteiger charge is 2.09. The lowest BCUT2D eigenvalue weighted by atomic mass is 10.0. The average molecular weight is 673 g/mol. The highest BCUT2D eigenvalue weighted by Crippen LogP contribution is 2.25. The SMILES string of the molecule is CC(C)c1ccnc2cccnc12.CC(C)c1ccnc2scnc12.CC(C)c1ncnc2[nH]ccc12.CC(C)c1ncnc2cccn12. The largest absolute Gasteiger partial charge is 0.346 e. The molecule has 49 heavy (non-hydrogen) atoms. The lowest BCUT2D eigenvalue weighted by molar-refractivity contribution is 0.743. The van der Waals surface area contributed by atoms with Crippen molar-refractivity contribution in [3.05, 3.63) is 114 Å². The monoisotopic (exact) mass is 672 g/mol. The van der Waals surface area contributed by atoms with Gasteiger partial charge in [-0.05, 0) is 71.3 Å². The lowest BCUT2D eigenvalue weighted by Gasteiger charge is -2.07. The Hall–Kier alpha value is -5.16. The van der Waals surface area contributed by atoms with E-state index in [1.165, 1.54) is 11.1 Å². The first-order valence-electron chi connectivity index (χ1n) is 16.6. The number of thiazole rings is 1. The normalized spacial score (nSPS) is 11.2. The molecule has 0 spiro atoms. The summed E-state index contributed by atoms with van der Waals surface area (Å²) in [5.41, 5.74) is 10.5. The van der Waals surface area contributed by atoms with Crippen LogP contribution >= 0.6 is 11.3 Å². The summed E-state index contributed by atoms with van der Waals surface area (Å²) < 4.78 is 2.02. The van der Waals surface area contributed by atoms with E-state index in [2.05, 4.69) is 100 Å². The summed E-state index contributed by atoms with van der Waals surface area (Å²) in [5.74, 6) is 2.97. The molecule has 0 atom stereocenters. The van der Waals surface area contributed by atoms with Gasteiger partial charge in [-0.1, -0.05) is 55.4 Å². The van der Waals surface area contributed by atoms with E-state index in [1.807, 2.05) is 83.4 Å². The molecule has 0 aliphatic heterocycles. The summed E-state index contributed by atoms with van der Waals surface area (Å²) in [6.07, 6.45) is 12.6. The summed E-state index contributed by atoms with van der Waals surface area (Å²) in [6.45, 7) is 17.2. The molecule has 8 rings (SSSR count). The quantitative estimate of drug-likeness (QED) is 0.196. The van der Waals surface area contributed by atoms with E-state index in [9.17, 15) is 0 Å². The molecular formula is C38H44N10S. The van der Waals surface area contributed by atoms with E-state index < -0.39 is 0 Å². The van der Waals surface area contributed by atoms with Crippen molar-refractivity contribution in [2.75, 3.05) is 0 Å². The second-order valence-electron chi connectivity index (χ2n) is 12.8. The maximum atomic E-state index is 4.34. The Morgan fingerprint density at radius 3 is 2.08 bits per heavy atom. The molecule has 0 aliphatic rings. The molecule has 10 nitrogen and oxygen atoms in total. The summed E-state index contributed by atoms with van der Waals surface area (Å²) >= 11 is 1.60. The number of aromatic nitrogens is 10. The predicted octanol–water partition coefficient (Wildman–Crippen LogP) is 9.50. The Labute approximate surface area is 291 Å². The molecule has 0 radical (unpaired) electrons. The van der Waals surface area contributed by atoms with E-state index in [0.717, 1.165) is 49.6 Å². The Bertz CT molecular complexity index is 2040. The van der Waals surface area contributed by atoms with Gasteiger partial charge in [-0.15, -0.1) is 11.3 Å². The zero-order chi connectivity index (χ0) is 34.9. The van der Waals surface area contributed by atoms with Crippen molar-refractivity contribution in [1.29, 1.82) is 0 Å². The topological polar surface area (TPSA) is 123 Å². The van der Waals surface area contributed by atoms with Crippen LogP contribution in [0.5, 0.6) is 0 Å². The lowest BCUT2D eigenvalue weighted by Crippen LogP contribution is -2.02. The Morgan fingerprint density at radius 2 is 1.35 bits per heavy atom. The number of nitrogens with one attached hydrogen (secondary N) is 1. The average Bonchev–Trinajstić information content (AvgIpc) is 3.89. The minimum atomic E-state index is 0.433. The molecule has 0 aromatic carbocycles. The molecule has 252 valence electrons. The smallest absolute Gasteiger partial charge is 0.143 e. The number of H-pyrrole nitrogens is 1. The van der Waals surface area contributed by atoms with E-state index in [1.54, 1.807) is 24.0 Å². The maximum absolute atomic E-state index is 4.34. The van der Waals surface area contributed by atoms with Crippen LogP contribution in [0, 0.1) is 0 Å². The first kappa shape index (κ1) is 35.2. The first-order valence-corrected chi connectivity index (χ1v) is 17.5. The number of nitrogens with zero attached hydrogens (tertiary/aromatic N) is 9. The van der Waals surface area contributed by atoms with Crippen LogP contribution < -0.4 is 0 Å². The van der Waals surface area contributed by atoms with Crippen LogP contribution in [0.4, 0.5) is 0 Å². The molecule has 8 aromatic heterocycles. The van der Waals surface area contributed by atoms with Crippen molar-refractivity contribution in [3.8, 4) is 0 Å². The molecule has 8 heterocycles. The second-order valence-corrected chi connectivity index (χ2v) is 13.6. The van der Waals surface area contributed by atoms with Gasteiger partial charge in [-0.2, -0.15) is 0 Å². The van der Waals surface area contributed by atoms with Gasteiger partial charge in [0.05, 0.1) is 22.2 Å². The van der Waals surface area contributed by atoms with Crippen molar-refractivity contribution in [2.24, 2.45) is 0 Å². The molecule has 0 amide bonds. The molecule has 0 fully saturated rings. The molecule has 11 heteroatoms. The van der Waals surface area contributed by atoms with Crippen LogP contribution in [0.2, 0.25) is 0 Å². The van der Waals surface area contributed by atoms with Gasteiger partial charge in [-0.3, -0.25) is 14.4 Å². The zero-order valence-corrected chi connectivity index (χ0v) is 30.2. The number of hydrogen-bond acceptors (Lipinski definition) is 9. The number of pyridine rings is 3. The molecule has 0 saturated heterocycles. The van der Waals surface area contributed by atoms with E-state index >= 15 is 0 Å². The third-order valence-corrected chi connectivity index (χ3v) is 8.57. The molecule has 8 aromatic rings. The Balaban J connectivity index is 0.000000127. The van der Waals surface area contributed by atoms with Crippen LogP contribution in [-0.2, 0) is 0 Å². The van der Waals surface area contributed by atoms with Gasteiger partial charge in [0, 0.05) is 42.3 Å². The first-order chi connectivity index (χ1) is 23.7. The molecule has 0 unspecified atom stereocenters. The van der Waals surface area contributed by atoms with E-state index in [-0.39, 0.29) is 0 Å². The zero-order valence-electron chi connectivity index (χ0n) is 29.4. The summed E-state index contributed by atoms with van der Waals surface area (Å²) in [4.78, 5) is 38.0. The number of fused-ring (bicyclic) bond motifs is 4. The number of hydrogen-bond donors (Lipinski definition) is 1. The maximum Gasteiger partial charge on any atom is 0.143 e. The van der Waals surface area contributed by atoms with Crippen LogP contribution in [0.25, 0.3) is 38.1 Å². The van der Waals surface area contributed by atoms with Gasteiger partial charge >= 0.3 is 0 Å². The Kier molecular flexibility index (Phi) is 11.7. The van der Waals surface area contributed by atoms with Gasteiger partial charge < -0.3 is 4.98 Å². The summed E-state index contributed by atoms with van der Waals surface area (Å²) in [6, 6.07) is 14.0. The predicted molar refractivity (Wildman–Crippen MR) is 200 cm³/mol. The molecule has 0 bridgehead atoms. The summed E-state index contributed by atoms with van der Waals surface area (Å²) in [7, 11) is 0. The van der Waals surface area contributed by atoms with Crippen molar-refractivity contribution in [1.82, 2.24) is 49.3 Å². The third kappa shape index (κ3) is 8.47. The second kappa shape index (κ2) is 16.3. The van der Waals surface area contributed by atoms with E-state index in [4.69, 9.17) is 0 Å². The standard InChI is InChI=1S/C11H12N2.2C9H11N3.C9H10N2S/c1-8(2)9-5-7-12-10-4-3-6-13-11(9)10;1-6(2)8-7-3-4-10-9(7)12-5-11-8;1-7(2)9-11-6-10-8-4-3-5-12(8)9;1-6(2)7-3-4-10-9-8(7)11-5-12-9/h3-8H,1-2H3;3-6H,1-2H3,(H,10,11,12);3-7H,1-2H3;3-6H,1-2H3. The minimum Gasteiger partial charge on any atom is -0.346 e. The van der Waals surface area contributed by atoms with Crippen LogP contribution in [0.3, 0.4) is 0 Å². The fourth-order valence-electron chi connectivity index (χ4n) is 5.39. The highest BCUT2D eigenvalue weighted by atomic mass is 32.1. The number of aromatic amines is 1. The van der Waals surface area contributed by atoms with Crippen molar-refractivity contribution in [3.63, 3.8) is 0 Å². The van der Waals surface area contributed by atoms with Gasteiger partial charge in [0.1, 0.15) is 40.1 Å². The molecule has 1 N–H and O–H groups in total. The van der Waals surface area contributed by atoms with Gasteiger partial charge in [-0.25, -0.2) is 29.9 Å². The molecular weight excluding hydrogens is 629 g/mol. The van der Waals surface area contributed by atoms with Gasteiger partial charge in [0.2, 0.25) is 0 Å². The Morgan fingerprint density at radius 1 is 0.612 bits per heavy atom. The fraction of sp³-hybridized carbons (Fsp3) is 0.316. The van der Waals surface area contributed by atoms with Crippen LogP contribution in [0.1, 0.15) is 102 Å². The molecule has 0 aliphatic carbocycles. The fourth-order valence-corrected chi connectivity index (χ4v) is 6.05. The van der Waals surface area contributed by atoms with Crippen LogP contribution in [0.15, 0.2) is 91.6 Å². The van der Waals surface area contributed by atoms with Gasteiger partial charge in [0.25, 0.3) is 0 Å². The van der Waals surface area contributed by atoms with Gasteiger partial charge in [0.15, 0.2) is 0 Å². The summed E-state index contributed by atoms with van der Waals surface area (Å²) in [5, 5.41) is 1.13. The van der Waals surface area contributed by atoms with Crippen molar-refractivity contribution < 1.29 is 0 Å². The van der Waals surface area contributed by atoms with E-state index in [0.29, 0.717) is 23.7 Å². The van der Waals surface area contributed by atoms with Crippen LogP contribution in [-0.4, -0.2) is 49.3 Å². The third-order valence-electron chi connectivity index (χ3n) is 7.84. The minimum absolute atomic E-state index is 0.433. The highest BCUT2D eigenvalue weighted by molar-refractivity contribution is 7.16. The van der Waals surface area contributed by atoms with Crippen molar-refractivity contribution in [2.45, 2.75) is 79.1 Å². The number of rotatable bonds is 4. The molecule has 0 saturated carbocycles.